The third-order valence-electron chi connectivity index (χ3n) is 5.47. The minimum absolute atomic E-state index is 0.141. The zero-order chi connectivity index (χ0) is 22.4. The van der Waals surface area contributed by atoms with Gasteiger partial charge in [-0.1, -0.05) is 52.2 Å². The highest BCUT2D eigenvalue weighted by Gasteiger charge is 2.34. The molecule has 7 heteroatoms. The van der Waals surface area contributed by atoms with Gasteiger partial charge in [-0.05, 0) is 52.0 Å². The second-order valence-corrected chi connectivity index (χ2v) is 16.6. The molecule has 0 aromatic rings. The molecule has 1 aliphatic carbocycles. The van der Waals surface area contributed by atoms with Crippen LogP contribution in [0.4, 0.5) is 9.59 Å². The topological polar surface area (TPSA) is 59.1 Å². The first-order valence-corrected chi connectivity index (χ1v) is 14.8. The predicted molar refractivity (Wildman–Crippen MR) is 121 cm³/mol. The second-order valence-electron chi connectivity index (χ2n) is 11.0. The van der Waals surface area contributed by atoms with Crippen LogP contribution in [0.5, 0.6) is 0 Å². The third-order valence-corrected chi connectivity index (χ3v) is 7.18. The highest BCUT2D eigenvalue weighted by atomic mass is 28.3. The van der Waals surface area contributed by atoms with E-state index in [0.29, 0.717) is 12.5 Å². The Balaban J connectivity index is 2.83. The standard InChI is InChI=1S/C22H44N2O4Si/c1-17-10-12-19(13-11-17)16-18(2)24(21(26)28-22(3,4)5)23(6)20(25)27-14-15-29(7,8)9/h17-19H,10-16H2,1-9H3. The molecule has 0 heterocycles. The number of amides is 2. The van der Waals surface area contributed by atoms with Gasteiger partial charge in [0.25, 0.3) is 0 Å². The van der Waals surface area contributed by atoms with Gasteiger partial charge in [0.2, 0.25) is 0 Å². The van der Waals surface area contributed by atoms with E-state index in [-0.39, 0.29) is 6.04 Å². The number of hydrogen-bond donors (Lipinski definition) is 0. The van der Waals surface area contributed by atoms with Crippen LogP contribution in [0.15, 0.2) is 0 Å². The summed E-state index contributed by atoms with van der Waals surface area (Å²) in [6.45, 7) is 16.9. The fraction of sp³-hybridized carbons (Fsp3) is 0.909. The Morgan fingerprint density at radius 3 is 2.10 bits per heavy atom. The van der Waals surface area contributed by atoms with E-state index in [4.69, 9.17) is 9.47 Å². The van der Waals surface area contributed by atoms with Gasteiger partial charge in [-0.25, -0.2) is 19.6 Å². The Hall–Kier alpha value is -1.24. The van der Waals surface area contributed by atoms with Crippen LogP contribution in [-0.4, -0.2) is 55.6 Å². The van der Waals surface area contributed by atoms with E-state index in [0.717, 1.165) is 18.4 Å². The third kappa shape index (κ3) is 9.87. The Morgan fingerprint density at radius 1 is 1.07 bits per heavy atom. The van der Waals surface area contributed by atoms with Crippen LogP contribution in [0, 0.1) is 11.8 Å². The van der Waals surface area contributed by atoms with Crippen molar-refractivity contribution in [3.05, 3.63) is 0 Å². The van der Waals surface area contributed by atoms with Crippen LogP contribution in [0.3, 0.4) is 0 Å². The molecule has 1 rings (SSSR count). The summed E-state index contributed by atoms with van der Waals surface area (Å²) in [5.74, 6) is 1.36. The Bertz CT molecular complexity index is 534. The van der Waals surface area contributed by atoms with Crippen LogP contribution < -0.4 is 0 Å². The largest absolute Gasteiger partial charge is 0.449 e. The highest BCUT2D eigenvalue weighted by Crippen LogP contribution is 2.32. The number of rotatable bonds is 6. The molecule has 0 aromatic heterocycles. The molecule has 1 unspecified atom stereocenters. The summed E-state index contributed by atoms with van der Waals surface area (Å²) in [6, 6.07) is 0.757. The van der Waals surface area contributed by atoms with Crippen molar-refractivity contribution in [2.75, 3.05) is 13.7 Å². The lowest BCUT2D eigenvalue weighted by Crippen LogP contribution is -2.54. The number of hydrazine groups is 1. The highest BCUT2D eigenvalue weighted by molar-refractivity contribution is 6.76. The molecule has 29 heavy (non-hydrogen) atoms. The Labute approximate surface area is 179 Å². The van der Waals surface area contributed by atoms with Crippen molar-refractivity contribution >= 4 is 20.3 Å². The lowest BCUT2D eigenvalue weighted by atomic mass is 9.80. The lowest BCUT2D eigenvalue weighted by Gasteiger charge is -2.38. The van der Waals surface area contributed by atoms with Crippen LogP contribution in [-0.2, 0) is 9.47 Å². The zero-order valence-corrected chi connectivity index (χ0v) is 21.2. The molecule has 1 fully saturated rings. The van der Waals surface area contributed by atoms with Gasteiger partial charge < -0.3 is 9.47 Å². The average Bonchev–Trinajstić information content (AvgIpc) is 2.54. The van der Waals surface area contributed by atoms with Crippen LogP contribution in [0.1, 0.15) is 66.7 Å². The van der Waals surface area contributed by atoms with E-state index in [1.165, 1.54) is 35.7 Å². The summed E-state index contributed by atoms with van der Waals surface area (Å²) in [7, 11) is 0.300. The van der Waals surface area contributed by atoms with E-state index >= 15 is 0 Å². The van der Waals surface area contributed by atoms with Crippen LogP contribution in [0.2, 0.25) is 25.7 Å². The van der Waals surface area contributed by atoms with Crippen molar-refractivity contribution in [1.29, 1.82) is 0 Å². The van der Waals surface area contributed by atoms with Crippen molar-refractivity contribution in [3.8, 4) is 0 Å². The number of ether oxygens (including phenoxy) is 2. The monoisotopic (exact) mass is 428 g/mol. The van der Waals surface area contributed by atoms with Gasteiger partial charge in [0, 0.05) is 15.1 Å². The van der Waals surface area contributed by atoms with E-state index in [1.807, 2.05) is 27.7 Å². The molecule has 2 amide bonds. The fourth-order valence-electron chi connectivity index (χ4n) is 3.68. The van der Waals surface area contributed by atoms with Gasteiger partial charge in [0.15, 0.2) is 0 Å². The van der Waals surface area contributed by atoms with E-state index < -0.39 is 25.9 Å². The minimum atomic E-state index is -1.30. The summed E-state index contributed by atoms with van der Waals surface area (Å²) in [4.78, 5) is 25.6. The molecular weight excluding hydrogens is 384 g/mol. The maximum atomic E-state index is 12.9. The number of hydrogen-bond acceptors (Lipinski definition) is 4. The first kappa shape index (κ1) is 25.8. The first-order valence-electron chi connectivity index (χ1n) is 11.1. The quantitative estimate of drug-likeness (QED) is 0.376. The van der Waals surface area contributed by atoms with Gasteiger partial charge in [-0.15, -0.1) is 0 Å². The normalized spacial score (nSPS) is 21.3. The minimum Gasteiger partial charge on any atom is -0.449 e. The fourth-order valence-corrected chi connectivity index (χ4v) is 4.39. The molecule has 6 nitrogen and oxygen atoms in total. The van der Waals surface area contributed by atoms with E-state index in [1.54, 1.807) is 7.05 Å². The Morgan fingerprint density at radius 2 is 1.62 bits per heavy atom. The molecule has 0 aromatic carbocycles. The van der Waals surface area contributed by atoms with Crippen molar-refractivity contribution in [2.24, 2.45) is 11.8 Å². The van der Waals surface area contributed by atoms with Crippen LogP contribution in [0.25, 0.3) is 0 Å². The molecule has 1 atom stereocenters. The van der Waals surface area contributed by atoms with Crippen molar-refractivity contribution in [2.45, 2.75) is 104 Å². The van der Waals surface area contributed by atoms with Gasteiger partial charge in [0.05, 0.1) is 12.6 Å². The summed E-state index contributed by atoms with van der Waals surface area (Å²) < 4.78 is 11.1. The van der Waals surface area contributed by atoms with Crippen molar-refractivity contribution in [3.63, 3.8) is 0 Å². The van der Waals surface area contributed by atoms with Gasteiger partial charge in [-0.3, -0.25) is 0 Å². The molecule has 0 radical (unpaired) electrons. The first-order chi connectivity index (χ1) is 13.2. The molecule has 0 bridgehead atoms. The van der Waals surface area contributed by atoms with E-state index in [9.17, 15) is 9.59 Å². The molecule has 0 aliphatic heterocycles. The molecule has 1 aliphatic rings. The summed E-state index contributed by atoms with van der Waals surface area (Å²) in [5.41, 5.74) is -0.627. The van der Waals surface area contributed by atoms with Crippen molar-refractivity contribution in [1.82, 2.24) is 10.0 Å². The molecule has 0 saturated heterocycles. The molecule has 0 spiro atoms. The smallest absolute Gasteiger partial charge is 0.429 e. The summed E-state index contributed by atoms with van der Waals surface area (Å²) in [5, 5.41) is 2.74. The molecule has 0 N–H and O–H groups in total. The summed E-state index contributed by atoms with van der Waals surface area (Å²) >= 11 is 0. The number of carbonyl (C=O) groups excluding carboxylic acids is 2. The number of carbonyl (C=O) groups is 2. The predicted octanol–water partition coefficient (Wildman–Crippen LogP) is 6.15. The zero-order valence-electron chi connectivity index (χ0n) is 20.2. The molecule has 1 saturated carbocycles. The van der Waals surface area contributed by atoms with Crippen molar-refractivity contribution < 1.29 is 19.1 Å². The average molecular weight is 429 g/mol. The summed E-state index contributed by atoms with van der Waals surface area (Å²) in [6.07, 6.45) is 4.68. The van der Waals surface area contributed by atoms with Gasteiger partial charge >= 0.3 is 12.2 Å². The second kappa shape index (κ2) is 10.7. The lowest BCUT2D eigenvalue weighted by molar-refractivity contribution is -0.0561. The maximum absolute atomic E-state index is 12.9. The van der Waals surface area contributed by atoms with Crippen LogP contribution >= 0.6 is 0 Å². The maximum Gasteiger partial charge on any atom is 0.429 e. The SMILES string of the molecule is CC1CCC(CC(C)N(C(=O)OC(C)(C)C)N(C)C(=O)OCC[Si](C)(C)C)CC1. The number of nitrogens with zero attached hydrogens (tertiary/aromatic N) is 2. The van der Waals surface area contributed by atoms with Gasteiger partial charge in [-0.2, -0.15) is 0 Å². The van der Waals surface area contributed by atoms with Gasteiger partial charge in [0.1, 0.15) is 5.60 Å². The molecule has 170 valence electrons. The van der Waals surface area contributed by atoms with E-state index in [2.05, 4.69) is 26.6 Å². The Kier molecular flexibility index (Phi) is 9.50. The molecular formula is C22H44N2O4Si.